The molecule has 2 amide bonds. The number of amides is 2. The normalized spacial score (nSPS) is 19.2. The zero-order chi connectivity index (χ0) is 16.9. The third-order valence-corrected chi connectivity index (χ3v) is 4.34. The average molecular weight is 328 g/mol. The number of benzene rings is 1. The van der Waals surface area contributed by atoms with Crippen LogP contribution in [0.1, 0.15) is 5.56 Å². The quantitative estimate of drug-likeness (QED) is 0.784. The van der Waals surface area contributed by atoms with Gasteiger partial charge >= 0.3 is 0 Å². The maximum Gasteiger partial charge on any atom is 0.241 e. The molecule has 1 aromatic carbocycles. The molecule has 2 fully saturated rings. The highest BCUT2D eigenvalue weighted by atomic mass is 16.5. The van der Waals surface area contributed by atoms with E-state index in [0.717, 1.165) is 0 Å². The number of nitrogens with zero attached hydrogens (tertiary/aromatic N) is 4. The molecule has 3 rings (SSSR count). The molecule has 0 N–H and O–H groups in total. The molecule has 2 aliphatic rings. The van der Waals surface area contributed by atoms with Gasteiger partial charge in [0.1, 0.15) is 6.07 Å². The number of hydrogen-bond acceptors (Lipinski definition) is 5. The van der Waals surface area contributed by atoms with E-state index in [1.165, 1.54) is 0 Å². The van der Waals surface area contributed by atoms with Crippen molar-refractivity contribution in [3.8, 4) is 6.07 Å². The first-order valence-corrected chi connectivity index (χ1v) is 8.06. The Hall–Kier alpha value is -2.43. The number of nitriles is 1. The zero-order valence-electron chi connectivity index (χ0n) is 13.5. The van der Waals surface area contributed by atoms with Gasteiger partial charge in [0.05, 0.1) is 37.6 Å². The van der Waals surface area contributed by atoms with Crippen LogP contribution in [-0.4, -0.2) is 74.1 Å². The van der Waals surface area contributed by atoms with Gasteiger partial charge in [0.25, 0.3) is 0 Å². The molecule has 0 saturated carbocycles. The van der Waals surface area contributed by atoms with Crippen LogP contribution in [0.2, 0.25) is 0 Å². The summed E-state index contributed by atoms with van der Waals surface area (Å²) in [4.78, 5) is 30.0. The molecule has 0 aliphatic carbocycles. The molecule has 7 nitrogen and oxygen atoms in total. The van der Waals surface area contributed by atoms with Crippen molar-refractivity contribution in [2.45, 2.75) is 0 Å². The number of rotatable bonds is 3. The van der Waals surface area contributed by atoms with Crippen LogP contribution in [0.3, 0.4) is 0 Å². The summed E-state index contributed by atoms with van der Waals surface area (Å²) in [6.45, 7) is 3.90. The van der Waals surface area contributed by atoms with Gasteiger partial charge in [0.2, 0.25) is 11.8 Å². The Morgan fingerprint density at radius 1 is 1.17 bits per heavy atom. The molecule has 0 radical (unpaired) electrons. The SMILES string of the molecule is N#Cc1ccccc1N1CCN(CC(=O)N2CCOCC2)CC1=O. The zero-order valence-corrected chi connectivity index (χ0v) is 13.5. The van der Waals surface area contributed by atoms with Gasteiger partial charge in [-0.05, 0) is 12.1 Å². The van der Waals surface area contributed by atoms with Crippen LogP contribution in [0, 0.1) is 11.3 Å². The summed E-state index contributed by atoms with van der Waals surface area (Å²) in [6, 6.07) is 9.21. The summed E-state index contributed by atoms with van der Waals surface area (Å²) >= 11 is 0. The highest BCUT2D eigenvalue weighted by Gasteiger charge is 2.28. The molecule has 2 heterocycles. The molecule has 24 heavy (non-hydrogen) atoms. The summed E-state index contributed by atoms with van der Waals surface area (Å²) in [5.74, 6) is -0.0456. The van der Waals surface area contributed by atoms with Gasteiger partial charge in [-0.3, -0.25) is 14.5 Å². The standard InChI is InChI=1S/C17H20N4O3/c18-11-14-3-1-2-4-15(14)21-6-5-19(13-17(21)23)12-16(22)20-7-9-24-10-8-20/h1-4H,5-10,12-13H2. The lowest BCUT2D eigenvalue weighted by Crippen LogP contribution is -2.54. The number of anilines is 1. The van der Waals surface area contributed by atoms with Crippen molar-refractivity contribution in [3.63, 3.8) is 0 Å². The van der Waals surface area contributed by atoms with E-state index in [9.17, 15) is 14.9 Å². The smallest absolute Gasteiger partial charge is 0.241 e. The lowest BCUT2D eigenvalue weighted by atomic mass is 10.1. The van der Waals surface area contributed by atoms with Crippen molar-refractivity contribution in [2.24, 2.45) is 0 Å². The molecule has 2 aliphatic heterocycles. The first kappa shape index (κ1) is 16.4. The second-order valence-electron chi connectivity index (χ2n) is 5.88. The van der Waals surface area contributed by atoms with E-state index in [4.69, 9.17) is 4.74 Å². The maximum absolute atomic E-state index is 12.5. The van der Waals surface area contributed by atoms with Gasteiger partial charge < -0.3 is 14.5 Å². The van der Waals surface area contributed by atoms with E-state index in [1.54, 1.807) is 28.0 Å². The van der Waals surface area contributed by atoms with Crippen LogP contribution < -0.4 is 4.90 Å². The molecule has 0 aromatic heterocycles. The third kappa shape index (κ3) is 3.55. The number of piperazine rings is 1. The second kappa shape index (κ2) is 7.43. The van der Waals surface area contributed by atoms with Gasteiger partial charge in [-0.15, -0.1) is 0 Å². The number of carbonyl (C=O) groups excluding carboxylic acids is 2. The third-order valence-electron chi connectivity index (χ3n) is 4.34. The van der Waals surface area contributed by atoms with Gasteiger partial charge in [0, 0.05) is 26.2 Å². The van der Waals surface area contributed by atoms with Crippen LogP contribution in [0.5, 0.6) is 0 Å². The lowest BCUT2D eigenvalue weighted by Gasteiger charge is -2.35. The summed E-state index contributed by atoms with van der Waals surface area (Å²) in [5, 5.41) is 9.19. The lowest BCUT2D eigenvalue weighted by molar-refractivity contribution is -0.137. The first-order valence-electron chi connectivity index (χ1n) is 8.06. The van der Waals surface area contributed by atoms with Crippen molar-refractivity contribution in [1.82, 2.24) is 9.80 Å². The van der Waals surface area contributed by atoms with Crippen LogP contribution in [0.4, 0.5) is 5.69 Å². The van der Waals surface area contributed by atoms with Crippen molar-refractivity contribution in [2.75, 3.05) is 57.4 Å². The maximum atomic E-state index is 12.5. The molecule has 1 aromatic rings. The first-order chi connectivity index (χ1) is 11.7. The molecule has 0 atom stereocenters. The van der Waals surface area contributed by atoms with Gasteiger partial charge in [0.15, 0.2) is 0 Å². The topological polar surface area (TPSA) is 76.9 Å². The number of ether oxygens (including phenoxy) is 1. The minimum absolute atomic E-state index is 0.0389. The highest BCUT2D eigenvalue weighted by Crippen LogP contribution is 2.21. The Labute approximate surface area is 141 Å². The van der Waals surface area contributed by atoms with Crippen LogP contribution in [-0.2, 0) is 14.3 Å². The van der Waals surface area contributed by atoms with E-state index in [0.29, 0.717) is 50.6 Å². The fourth-order valence-electron chi connectivity index (χ4n) is 3.02. The van der Waals surface area contributed by atoms with E-state index in [-0.39, 0.29) is 24.9 Å². The van der Waals surface area contributed by atoms with Crippen molar-refractivity contribution in [3.05, 3.63) is 29.8 Å². The van der Waals surface area contributed by atoms with Gasteiger partial charge in [-0.25, -0.2) is 0 Å². The Balaban J connectivity index is 1.60. The van der Waals surface area contributed by atoms with E-state index in [2.05, 4.69) is 6.07 Å². The van der Waals surface area contributed by atoms with Crippen LogP contribution in [0.15, 0.2) is 24.3 Å². The molecule has 7 heteroatoms. The van der Waals surface area contributed by atoms with E-state index < -0.39 is 0 Å². The summed E-state index contributed by atoms with van der Waals surface area (Å²) < 4.78 is 5.25. The fourth-order valence-corrected chi connectivity index (χ4v) is 3.02. The minimum atomic E-state index is -0.0845. The number of carbonyl (C=O) groups is 2. The largest absolute Gasteiger partial charge is 0.378 e. The average Bonchev–Trinajstić information content (AvgIpc) is 2.62. The number of morpholine rings is 1. The highest BCUT2D eigenvalue weighted by molar-refractivity contribution is 5.97. The number of para-hydroxylation sites is 1. The van der Waals surface area contributed by atoms with E-state index >= 15 is 0 Å². The molecular formula is C17H20N4O3. The minimum Gasteiger partial charge on any atom is -0.378 e. The molecule has 2 saturated heterocycles. The predicted octanol–water partition coefficient (Wildman–Crippen LogP) is 0.0657. The Bertz CT molecular complexity index is 664. The second-order valence-corrected chi connectivity index (χ2v) is 5.88. The van der Waals surface area contributed by atoms with Gasteiger partial charge in [-0.2, -0.15) is 5.26 Å². The molecule has 126 valence electrons. The summed E-state index contributed by atoms with van der Waals surface area (Å²) in [7, 11) is 0. The summed E-state index contributed by atoms with van der Waals surface area (Å²) in [5.41, 5.74) is 1.13. The number of hydrogen-bond donors (Lipinski definition) is 0. The van der Waals surface area contributed by atoms with Crippen molar-refractivity contribution >= 4 is 17.5 Å². The van der Waals surface area contributed by atoms with Crippen LogP contribution in [0.25, 0.3) is 0 Å². The predicted molar refractivity (Wildman–Crippen MR) is 87.3 cm³/mol. The van der Waals surface area contributed by atoms with Crippen molar-refractivity contribution in [1.29, 1.82) is 5.26 Å². The van der Waals surface area contributed by atoms with Gasteiger partial charge in [-0.1, -0.05) is 12.1 Å². The molecular weight excluding hydrogens is 308 g/mol. The van der Waals surface area contributed by atoms with Crippen molar-refractivity contribution < 1.29 is 14.3 Å². The monoisotopic (exact) mass is 328 g/mol. The molecule has 0 unspecified atom stereocenters. The Morgan fingerprint density at radius 3 is 2.62 bits per heavy atom. The molecule has 0 spiro atoms. The van der Waals surface area contributed by atoms with Crippen LogP contribution >= 0.6 is 0 Å². The Morgan fingerprint density at radius 2 is 1.92 bits per heavy atom. The fraction of sp³-hybridized carbons (Fsp3) is 0.471. The Kier molecular flexibility index (Phi) is 5.08. The molecule has 0 bridgehead atoms. The van der Waals surface area contributed by atoms with E-state index in [1.807, 2.05) is 11.0 Å². The summed E-state index contributed by atoms with van der Waals surface area (Å²) in [6.07, 6.45) is 0.